The standard InChI is InChI=1S/C57H101NO11/c1-4-7-10-13-14-15-16-17-18-19-20-21-22-25-29-39-55(62)67-47-51(48-68-56(63)40-30-26-31-42-58(43-44-59)52-35-33-36-52)49-69-57(64)41-32-34-50(45-65-53(60)37-27-23-11-8-5-2)46-66-54(61)38-28-24-12-9-6-3/h14-15,17-18,50-52,59H,4-13,16,19-49H2,1-3H3/b15-14-,18-17-. The van der Waals surface area contributed by atoms with E-state index in [1.54, 1.807) is 0 Å². The Labute approximate surface area is 420 Å². The zero-order valence-corrected chi connectivity index (χ0v) is 44.2. The molecule has 0 amide bonds. The van der Waals surface area contributed by atoms with Gasteiger partial charge in [0.05, 0.1) is 25.7 Å². The lowest BCUT2D eigenvalue weighted by atomic mass is 9.91. The zero-order chi connectivity index (χ0) is 50.3. The van der Waals surface area contributed by atoms with E-state index in [0.717, 1.165) is 129 Å². The lowest BCUT2D eigenvalue weighted by molar-refractivity contribution is -0.155. The molecule has 12 heteroatoms. The number of aliphatic hydroxyl groups is 1. The zero-order valence-electron chi connectivity index (χ0n) is 44.2. The van der Waals surface area contributed by atoms with Gasteiger partial charge in [0.15, 0.2) is 0 Å². The molecule has 1 rings (SSSR count). The van der Waals surface area contributed by atoms with E-state index in [1.807, 2.05) is 0 Å². The highest BCUT2D eigenvalue weighted by Crippen LogP contribution is 2.25. The molecular weight excluding hydrogens is 875 g/mol. The molecule has 0 aromatic carbocycles. The van der Waals surface area contributed by atoms with Crippen LogP contribution in [0.15, 0.2) is 24.3 Å². The van der Waals surface area contributed by atoms with E-state index in [9.17, 15) is 29.1 Å². The van der Waals surface area contributed by atoms with E-state index in [1.165, 1.54) is 44.9 Å². The van der Waals surface area contributed by atoms with Gasteiger partial charge in [-0.3, -0.25) is 28.9 Å². The van der Waals surface area contributed by atoms with Crippen molar-refractivity contribution >= 4 is 29.8 Å². The highest BCUT2D eigenvalue weighted by Gasteiger charge is 2.24. The van der Waals surface area contributed by atoms with Crippen molar-refractivity contribution in [2.75, 3.05) is 52.7 Å². The average Bonchev–Trinajstić information content (AvgIpc) is 3.32. The third-order valence-electron chi connectivity index (χ3n) is 13.0. The molecule has 1 fully saturated rings. The lowest BCUT2D eigenvalue weighted by Crippen LogP contribution is -2.42. The van der Waals surface area contributed by atoms with Crippen LogP contribution in [-0.2, 0) is 47.7 Å². The lowest BCUT2D eigenvalue weighted by Gasteiger charge is -2.37. The summed E-state index contributed by atoms with van der Waals surface area (Å²) < 4.78 is 28.1. The Morgan fingerprint density at radius 2 is 0.812 bits per heavy atom. The molecule has 0 aliphatic heterocycles. The van der Waals surface area contributed by atoms with E-state index in [2.05, 4.69) is 50.0 Å². The van der Waals surface area contributed by atoms with Gasteiger partial charge >= 0.3 is 29.8 Å². The van der Waals surface area contributed by atoms with Gasteiger partial charge in [-0.05, 0) is 96.4 Å². The number of ether oxygens (including phenoxy) is 5. The molecule has 1 saturated carbocycles. The van der Waals surface area contributed by atoms with Gasteiger partial charge in [-0.15, -0.1) is 0 Å². The van der Waals surface area contributed by atoms with Crippen molar-refractivity contribution < 1.29 is 52.8 Å². The fraction of sp³-hybridized carbons (Fsp3) is 0.842. The van der Waals surface area contributed by atoms with Crippen molar-refractivity contribution in [1.29, 1.82) is 0 Å². The maximum atomic E-state index is 13.0. The van der Waals surface area contributed by atoms with Crippen LogP contribution in [0.2, 0.25) is 0 Å². The number of allylic oxidation sites excluding steroid dienone is 4. The number of nitrogens with zero attached hydrogens (tertiary/aromatic N) is 1. The van der Waals surface area contributed by atoms with Gasteiger partial charge in [0.1, 0.15) is 19.8 Å². The molecule has 0 aromatic heterocycles. The molecule has 0 heterocycles. The second kappa shape index (κ2) is 47.1. The molecule has 0 radical (unpaired) electrons. The van der Waals surface area contributed by atoms with Crippen molar-refractivity contribution in [3.05, 3.63) is 24.3 Å². The quantitative estimate of drug-likeness (QED) is 0.0267. The summed E-state index contributed by atoms with van der Waals surface area (Å²) in [7, 11) is 0. The molecule has 1 aliphatic carbocycles. The normalized spacial score (nSPS) is 13.3. The van der Waals surface area contributed by atoms with Crippen molar-refractivity contribution in [2.45, 2.75) is 245 Å². The van der Waals surface area contributed by atoms with Crippen LogP contribution >= 0.6 is 0 Å². The number of unbranched alkanes of at least 4 members (excludes halogenated alkanes) is 18. The number of hydrogen-bond acceptors (Lipinski definition) is 12. The van der Waals surface area contributed by atoms with E-state index < -0.39 is 11.9 Å². The Morgan fingerprint density at radius 1 is 0.449 bits per heavy atom. The van der Waals surface area contributed by atoms with Crippen molar-refractivity contribution in [2.24, 2.45) is 11.8 Å². The Balaban J connectivity index is 2.62. The van der Waals surface area contributed by atoms with Gasteiger partial charge in [0.2, 0.25) is 0 Å². The largest absolute Gasteiger partial charge is 0.465 e. The van der Waals surface area contributed by atoms with Crippen LogP contribution in [0.5, 0.6) is 0 Å². The summed E-state index contributed by atoms with van der Waals surface area (Å²) in [6.07, 6.45) is 39.8. The molecule has 69 heavy (non-hydrogen) atoms. The summed E-state index contributed by atoms with van der Waals surface area (Å²) >= 11 is 0. The summed E-state index contributed by atoms with van der Waals surface area (Å²) in [4.78, 5) is 65.9. The van der Waals surface area contributed by atoms with Gasteiger partial charge in [-0.25, -0.2) is 0 Å². The molecule has 1 N–H and O–H groups in total. The second-order valence-corrected chi connectivity index (χ2v) is 19.5. The first-order valence-corrected chi connectivity index (χ1v) is 28.1. The highest BCUT2D eigenvalue weighted by atomic mass is 16.6. The Morgan fingerprint density at radius 3 is 1.23 bits per heavy atom. The SMILES string of the molecule is CCCCC/C=C\C/C=C\CCCCCCCC(=O)OCC(COC(=O)CCCCCN(CCO)C1CCC1)COC(=O)CCCC(COC(=O)CCCCCCC)COC(=O)CCCCCCC. The van der Waals surface area contributed by atoms with Gasteiger partial charge in [-0.2, -0.15) is 0 Å². The third kappa shape index (κ3) is 40.1. The monoisotopic (exact) mass is 976 g/mol. The van der Waals surface area contributed by atoms with Crippen LogP contribution < -0.4 is 0 Å². The molecule has 12 nitrogen and oxygen atoms in total. The molecular formula is C57H101NO11. The molecule has 0 aromatic rings. The third-order valence-corrected chi connectivity index (χ3v) is 13.0. The molecule has 0 spiro atoms. The maximum absolute atomic E-state index is 13.0. The van der Waals surface area contributed by atoms with Crippen molar-refractivity contribution in [3.8, 4) is 0 Å². The van der Waals surface area contributed by atoms with E-state index in [0.29, 0.717) is 51.1 Å². The van der Waals surface area contributed by atoms with Crippen LogP contribution in [-0.4, -0.2) is 98.6 Å². The Hall–Kier alpha value is -3.25. The van der Waals surface area contributed by atoms with Crippen LogP contribution in [0.4, 0.5) is 0 Å². The number of carbonyl (C=O) groups is 5. The number of rotatable bonds is 49. The minimum Gasteiger partial charge on any atom is -0.465 e. The summed E-state index contributed by atoms with van der Waals surface area (Å²) in [5, 5.41) is 9.45. The summed E-state index contributed by atoms with van der Waals surface area (Å²) in [6.45, 7) is 8.37. The van der Waals surface area contributed by atoms with E-state index in [-0.39, 0.29) is 82.3 Å². The van der Waals surface area contributed by atoms with E-state index in [4.69, 9.17) is 23.7 Å². The first-order valence-electron chi connectivity index (χ1n) is 28.1. The van der Waals surface area contributed by atoms with Crippen LogP contribution in [0, 0.1) is 11.8 Å². The molecule has 0 saturated heterocycles. The van der Waals surface area contributed by atoms with Crippen molar-refractivity contribution in [1.82, 2.24) is 4.90 Å². The maximum Gasteiger partial charge on any atom is 0.305 e. The van der Waals surface area contributed by atoms with Gasteiger partial charge in [0.25, 0.3) is 0 Å². The fourth-order valence-electron chi connectivity index (χ4n) is 8.25. The topological polar surface area (TPSA) is 155 Å². The molecule has 1 atom stereocenters. The predicted molar refractivity (Wildman–Crippen MR) is 277 cm³/mol. The highest BCUT2D eigenvalue weighted by molar-refractivity contribution is 5.71. The molecule has 1 unspecified atom stereocenters. The molecule has 1 aliphatic rings. The Bertz CT molecular complexity index is 1300. The Kier molecular flexibility index (Phi) is 43.5. The minimum atomic E-state index is -0.517. The van der Waals surface area contributed by atoms with Crippen LogP contribution in [0.25, 0.3) is 0 Å². The number of hydrogen-bond donors (Lipinski definition) is 1. The second-order valence-electron chi connectivity index (χ2n) is 19.5. The van der Waals surface area contributed by atoms with Gasteiger partial charge in [-0.1, -0.05) is 141 Å². The molecule has 400 valence electrons. The predicted octanol–water partition coefficient (Wildman–Crippen LogP) is 13.0. The van der Waals surface area contributed by atoms with Gasteiger partial charge in [0, 0.05) is 50.6 Å². The smallest absolute Gasteiger partial charge is 0.305 e. The number of carbonyl (C=O) groups excluding carboxylic acids is 5. The average molecular weight is 976 g/mol. The number of esters is 5. The minimum absolute atomic E-state index is 0.0302. The van der Waals surface area contributed by atoms with Gasteiger partial charge < -0.3 is 28.8 Å². The summed E-state index contributed by atoms with van der Waals surface area (Å²) in [5.41, 5.74) is 0. The van der Waals surface area contributed by atoms with Crippen molar-refractivity contribution in [3.63, 3.8) is 0 Å². The first-order chi connectivity index (χ1) is 33.7. The molecule has 0 bridgehead atoms. The van der Waals surface area contributed by atoms with Crippen LogP contribution in [0.3, 0.4) is 0 Å². The van der Waals surface area contributed by atoms with Crippen LogP contribution in [0.1, 0.15) is 239 Å². The summed E-state index contributed by atoms with van der Waals surface area (Å²) in [5.74, 6) is -2.39. The fourth-order valence-corrected chi connectivity index (χ4v) is 8.25. The first kappa shape index (κ1) is 63.8. The summed E-state index contributed by atoms with van der Waals surface area (Å²) in [6, 6.07) is 0.566. The van der Waals surface area contributed by atoms with E-state index >= 15 is 0 Å². The number of aliphatic hydroxyl groups excluding tert-OH is 1.